The summed E-state index contributed by atoms with van der Waals surface area (Å²) in [5, 5.41) is 3.72. The van der Waals surface area contributed by atoms with Gasteiger partial charge in [-0.05, 0) is 80.6 Å². The highest BCUT2D eigenvalue weighted by Crippen LogP contribution is 2.42. The van der Waals surface area contributed by atoms with Crippen LogP contribution >= 0.6 is 0 Å². The van der Waals surface area contributed by atoms with E-state index >= 15 is 0 Å². The number of H-pyrrole nitrogens is 1. The lowest BCUT2D eigenvalue weighted by Gasteiger charge is -2.34. The number of rotatable bonds is 12. The van der Waals surface area contributed by atoms with E-state index in [0.717, 1.165) is 80.4 Å². The molecule has 1 saturated heterocycles. The molecule has 0 amide bonds. The van der Waals surface area contributed by atoms with Gasteiger partial charge in [0.1, 0.15) is 17.7 Å². The molecular formula is C36H53N7O. The molecule has 2 aliphatic heterocycles. The first kappa shape index (κ1) is 33.1. The molecule has 1 unspecified atom stereocenters. The summed E-state index contributed by atoms with van der Waals surface area (Å²) in [6, 6.07) is 13.3. The average Bonchev–Trinajstić information content (AvgIpc) is 3.60. The minimum Gasteiger partial charge on any atom is -0.494 e. The molecule has 4 N–H and O–H groups in total. The maximum Gasteiger partial charge on any atom is 0.137 e. The fourth-order valence-corrected chi connectivity index (χ4v) is 5.59. The first-order valence-electron chi connectivity index (χ1n) is 16.3. The lowest BCUT2D eigenvalue weighted by molar-refractivity contribution is 0.216. The van der Waals surface area contributed by atoms with E-state index in [1.54, 1.807) is 0 Å². The zero-order valence-corrected chi connectivity index (χ0v) is 27.5. The number of hydrogen-bond donors (Lipinski definition) is 3. The number of aromatic amines is 1. The zero-order valence-electron chi connectivity index (χ0n) is 27.5. The topological polar surface area (TPSA) is 85.7 Å². The SMILES string of the molecule is C=C(/C=C\C(=C/CC)OCCCCCC)c1nc2ccc(C3Nc4ccc(N5CCN(C)CC5)cc4N3C)cc2[nH]1.CCN. The number of ether oxygens (including phenoxy) is 1. The number of piperazine rings is 1. The van der Waals surface area contributed by atoms with Gasteiger partial charge in [0.05, 0.1) is 29.0 Å². The third-order valence-corrected chi connectivity index (χ3v) is 8.16. The van der Waals surface area contributed by atoms with Crippen LogP contribution in [0.25, 0.3) is 16.6 Å². The molecule has 238 valence electrons. The predicted octanol–water partition coefficient (Wildman–Crippen LogP) is 7.30. The second-order valence-electron chi connectivity index (χ2n) is 11.7. The number of benzene rings is 2. The van der Waals surface area contributed by atoms with Crippen LogP contribution in [0, 0.1) is 0 Å². The van der Waals surface area contributed by atoms with Crippen LogP contribution < -0.4 is 20.9 Å². The van der Waals surface area contributed by atoms with Crippen molar-refractivity contribution >= 4 is 33.7 Å². The van der Waals surface area contributed by atoms with Crippen molar-refractivity contribution in [3.63, 3.8) is 0 Å². The molecule has 3 aromatic rings. The number of anilines is 3. The van der Waals surface area contributed by atoms with Crippen LogP contribution in [0.15, 0.2) is 67.0 Å². The van der Waals surface area contributed by atoms with Gasteiger partial charge in [0, 0.05) is 44.5 Å². The molecule has 1 fully saturated rings. The molecule has 3 heterocycles. The van der Waals surface area contributed by atoms with Gasteiger partial charge in [0.2, 0.25) is 0 Å². The Balaban J connectivity index is 0.00000141. The number of nitrogens with two attached hydrogens (primary N) is 1. The number of likely N-dealkylation sites (N-methyl/N-ethyl adjacent to an activating group) is 1. The minimum atomic E-state index is 0.0585. The Kier molecular flexibility index (Phi) is 12.3. The lowest BCUT2D eigenvalue weighted by atomic mass is 10.1. The van der Waals surface area contributed by atoms with Crippen LogP contribution in [0.5, 0.6) is 0 Å². The Labute approximate surface area is 264 Å². The van der Waals surface area contributed by atoms with Gasteiger partial charge in [-0.25, -0.2) is 4.98 Å². The van der Waals surface area contributed by atoms with Crippen molar-refractivity contribution < 1.29 is 4.74 Å². The standard InChI is InChI=1S/C34H46N6O.C2H7N/c1-6-8-9-10-22-41-28(11-7-2)15-12-25(3)33-35-29-16-13-26(23-31(29)36-33)34-37-30-17-14-27(24-32(30)39(34)5)40-20-18-38(4)19-21-40;1-2-3/h11-17,23-24,34,37H,3,6-10,18-22H2,1-2,4-5H3,(H,35,36);2-3H2,1H3/b15-12-,28-11+;. The highest BCUT2D eigenvalue weighted by atomic mass is 16.5. The van der Waals surface area contributed by atoms with Crippen LogP contribution in [-0.2, 0) is 4.74 Å². The molecule has 1 aromatic heterocycles. The van der Waals surface area contributed by atoms with Crippen molar-refractivity contribution in [1.82, 2.24) is 14.9 Å². The normalized spacial score (nSPS) is 17.0. The first-order chi connectivity index (χ1) is 21.4. The van der Waals surface area contributed by atoms with Gasteiger partial charge in [-0.1, -0.05) is 52.7 Å². The Morgan fingerprint density at radius 1 is 1.02 bits per heavy atom. The van der Waals surface area contributed by atoms with E-state index in [2.05, 4.69) is 102 Å². The van der Waals surface area contributed by atoms with Gasteiger partial charge in [-0.3, -0.25) is 0 Å². The highest BCUT2D eigenvalue weighted by molar-refractivity contribution is 5.83. The number of nitrogens with zero attached hydrogens (tertiary/aromatic N) is 4. The molecule has 2 aliphatic rings. The summed E-state index contributed by atoms with van der Waals surface area (Å²) in [5.41, 5.74) is 12.5. The van der Waals surface area contributed by atoms with Crippen molar-refractivity contribution in [2.24, 2.45) is 5.73 Å². The van der Waals surface area contributed by atoms with E-state index in [9.17, 15) is 0 Å². The molecule has 8 nitrogen and oxygen atoms in total. The van der Waals surface area contributed by atoms with Gasteiger partial charge >= 0.3 is 0 Å². The van der Waals surface area contributed by atoms with Gasteiger partial charge in [-0.2, -0.15) is 0 Å². The van der Waals surface area contributed by atoms with E-state index < -0.39 is 0 Å². The molecule has 44 heavy (non-hydrogen) atoms. The predicted molar refractivity (Wildman–Crippen MR) is 188 cm³/mol. The smallest absolute Gasteiger partial charge is 0.137 e. The molecule has 0 radical (unpaired) electrons. The third-order valence-electron chi connectivity index (χ3n) is 8.16. The highest BCUT2D eigenvalue weighted by Gasteiger charge is 2.28. The quantitative estimate of drug-likeness (QED) is 0.114. The van der Waals surface area contributed by atoms with Crippen LogP contribution in [0.3, 0.4) is 0 Å². The Hall–Kier alpha value is -3.75. The number of hydrogen-bond acceptors (Lipinski definition) is 7. The van der Waals surface area contributed by atoms with Gasteiger partial charge in [0.15, 0.2) is 0 Å². The Morgan fingerprint density at radius 2 is 1.80 bits per heavy atom. The van der Waals surface area contributed by atoms with Gasteiger partial charge < -0.3 is 35.5 Å². The number of aromatic nitrogens is 2. The van der Waals surface area contributed by atoms with E-state index in [4.69, 9.17) is 15.5 Å². The molecule has 0 aliphatic carbocycles. The summed E-state index contributed by atoms with van der Waals surface area (Å²) < 4.78 is 6.02. The van der Waals surface area contributed by atoms with E-state index in [0.29, 0.717) is 0 Å². The Morgan fingerprint density at radius 3 is 2.52 bits per heavy atom. The van der Waals surface area contributed by atoms with Crippen molar-refractivity contribution in [3.05, 3.63) is 78.4 Å². The summed E-state index contributed by atoms with van der Waals surface area (Å²) in [4.78, 5) is 15.5. The first-order valence-corrected chi connectivity index (χ1v) is 16.3. The summed E-state index contributed by atoms with van der Waals surface area (Å²) >= 11 is 0. The summed E-state index contributed by atoms with van der Waals surface area (Å²) in [6.45, 7) is 16.4. The van der Waals surface area contributed by atoms with Crippen molar-refractivity contribution in [3.8, 4) is 0 Å². The number of fused-ring (bicyclic) bond motifs is 2. The molecule has 2 aromatic carbocycles. The van der Waals surface area contributed by atoms with Crippen molar-refractivity contribution in [1.29, 1.82) is 0 Å². The van der Waals surface area contributed by atoms with Crippen molar-refractivity contribution in [2.45, 2.75) is 59.0 Å². The van der Waals surface area contributed by atoms with E-state index in [1.165, 1.54) is 41.9 Å². The van der Waals surface area contributed by atoms with Crippen LogP contribution in [0.4, 0.5) is 17.1 Å². The Bertz CT molecular complexity index is 1420. The number of unbranched alkanes of at least 4 members (excludes halogenated alkanes) is 3. The molecular weight excluding hydrogens is 546 g/mol. The fraction of sp³-hybridized carbons (Fsp3) is 0.472. The number of imidazole rings is 1. The third kappa shape index (κ3) is 8.45. The van der Waals surface area contributed by atoms with Crippen molar-refractivity contribution in [2.75, 3.05) is 68.5 Å². The maximum atomic E-state index is 6.02. The monoisotopic (exact) mass is 599 g/mol. The molecule has 8 heteroatoms. The average molecular weight is 600 g/mol. The van der Waals surface area contributed by atoms with Gasteiger partial charge in [-0.15, -0.1) is 0 Å². The van der Waals surface area contributed by atoms with Crippen LogP contribution in [0.1, 0.15) is 70.4 Å². The maximum absolute atomic E-state index is 6.02. The zero-order chi connectivity index (χ0) is 31.5. The second-order valence-corrected chi connectivity index (χ2v) is 11.7. The summed E-state index contributed by atoms with van der Waals surface area (Å²) in [6.07, 6.45) is 11.9. The summed E-state index contributed by atoms with van der Waals surface area (Å²) in [7, 11) is 4.36. The van der Waals surface area contributed by atoms with Gasteiger partial charge in [0.25, 0.3) is 0 Å². The molecule has 1 atom stereocenters. The minimum absolute atomic E-state index is 0.0585. The number of allylic oxidation sites excluding steroid dienone is 4. The van der Waals surface area contributed by atoms with Crippen LogP contribution in [-0.4, -0.2) is 68.3 Å². The molecule has 5 rings (SSSR count). The molecule has 0 saturated carbocycles. The van der Waals surface area contributed by atoms with Crippen LogP contribution in [0.2, 0.25) is 0 Å². The molecule has 0 spiro atoms. The number of nitrogens with one attached hydrogen (secondary N) is 2. The largest absolute Gasteiger partial charge is 0.494 e. The lowest BCUT2D eigenvalue weighted by Crippen LogP contribution is -2.44. The molecule has 0 bridgehead atoms. The van der Waals surface area contributed by atoms with E-state index in [1.807, 2.05) is 19.1 Å². The second kappa shape index (κ2) is 16.4. The summed E-state index contributed by atoms with van der Waals surface area (Å²) in [5.74, 6) is 1.68. The fourth-order valence-electron chi connectivity index (χ4n) is 5.59. The van der Waals surface area contributed by atoms with E-state index in [-0.39, 0.29) is 6.17 Å².